The highest BCUT2D eigenvalue weighted by Crippen LogP contribution is 2.34. The van der Waals surface area contributed by atoms with Gasteiger partial charge in [-0.25, -0.2) is 9.97 Å². The number of imidazole rings is 1. The summed E-state index contributed by atoms with van der Waals surface area (Å²) in [6.07, 6.45) is -3.18. The summed E-state index contributed by atoms with van der Waals surface area (Å²) in [7, 11) is 0. The number of pyridine rings is 1. The van der Waals surface area contributed by atoms with Gasteiger partial charge in [-0.05, 0) is 44.2 Å². The van der Waals surface area contributed by atoms with Gasteiger partial charge in [0, 0.05) is 25.0 Å². The van der Waals surface area contributed by atoms with Crippen molar-refractivity contribution in [1.29, 1.82) is 0 Å². The van der Waals surface area contributed by atoms with E-state index in [4.69, 9.17) is 0 Å². The minimum absolute atomic E-state index is 0.218. The Bertz CT molecular complexity index is 868. The number of aromatic amines is 1. The molecule has 0 spiro atoms. The highest BCUT2D eigenvalue weighted by molar-refractivity contribution is 5.82. The topological polar surface area (TPSA) is 56.8 Å². The van der Waals surface area contributed by atoms with E-state index in [1.165, 1.54) is 12.3 Å². The Morgan fingerprint density at radius 1 is 1.16 bits per heavy atom. The zero-order chi connectivity index (χ0) is 18.0. The molecule has 0 radical (unpaired) electrons. The van der Waals surface area contributed by atoms with E-state index in [0.717, 1.165) is 30.4 Å². The average molecular weight is 349 g/mol. The molecule has 5 nitrogen and oxygen atoms in total. The molecular weight excluding hydrogens is 331 g/mol. The Labute approximate surface area is 142 Å². The molecule has 25 heavy (non-hydrogen) atoms. The van der Waals surface area contributed by atoms with Crippen LogP contribution in [0.25, 0.3) is 11.0 Å². The second-order valence-electron chi connectivity index (χ2n) is 5.48. The maximum Gasteiger partial charge on any atom is 0.419 e. The lowest BCUT2D eigenvalue weighted by Crippen LogP contribution is -2.21. The van der Waals surface area contributed by atoms with Gasteiger partial charge in [-0.2, -0.15) is 13.2 Å². The van der Waals surface area contributed by atoms with Crippen LogP contribution in [-0.4, -0.2) is 28.0 Å². The Balaban J connectivity index is 1.93. The molecule has 0 amide bonds. The number of H-pyrrole nitrogens is 1. The molecule has 0 unspecified atom stereocenters. The van der Waals surface area contributed by atoms with Crippen LogP contribution in [0.15, 0.2) is 36.5 Å². The normalized spacial score (nSPS) is 11.7. The molecule has 0 saturated heterocycles. The molecular formula is C17H18F3N5. The molecule has 2 N–H and O–H groups in total. The average Bonchev–Trinajstić information content (AvgIpc) is 2.97. The summed E-state index contributed by atoms with van der Waals surface area (Å²) in [4.78, 5) is 13.3. The number of fused-ring (bicyclic) bond motifs is 1. The fraction of sp³-hybridized carbons (Fsp3) is 0.294. The minimum Gasteiger partial charge on any atom is -0.372 e. The van der Waals surface area contributed by atoms with Gasteiger partial charge in [-0.15, -0.1) is 0 Å². The zero-order valence-corrected chi connectivity index (χ0v) is 13.9. The van der Waals surface area contributed by atoms with E-state index in [1.54, 1.807) is 0 Å². The van der Waals surface area contributed by atoms with Crippen molar-refractivity contribution in [1.82, 2.24) is 15.0 Å². The third-order valence-electron chi connectivity index (χ3n) is 3.94. The molecule has 0 bridgehead atoms. The highest BCUT2D eigenvalue weighted by atomic mass is 19.4. The zero-order valence-electron chi connectivity index (χ0n) is 13.9. The first kappa shape index (κ1) is 17.1. The van der Waals surface area contributed by atoms with Crippen molar-refractivity contribution in [3.05, 3.63) is 42.1 Å². The minimum atomic E-state index is -4.49. The molecule has 0 aliphatic rings. The lowest BCUT2D eigenvalue weighted by molar-refractivity contribution is -0.137. The maximum atomic E-state index is 13.1. The van der Waals surface area contributed by atoms with Gasteiger partial charge in [0.15, 0.2) is 0 Å². The predicted octanol–water partition coefficient (Wildman–Crippen LogP) is 4.57. The Morgan fingerprint density at radius 3 is 2.60 bits per heavy atom. The van der Waals surface area contributed by atoms with Crippen LogP contribution < -0.4 is 10.2 Å². The van der Waals surface area contributed by atoms with Crippen molar-refractivity contribution < 1.29 is 13.2 Å². The summed E-state index contributed by atoms with van der Waals surface area (Å²) in [6, 6.07) is 7.96. The molecule has 2 heterocycles. The number of halogens is 3. The van der Waals surface area contributed by atoms with Gasteiger partial charge in [0.1, 0.15) is 5.82 Å². The molecule has 0 atom stereocenters. The number of aromatic nitrogens is 3. The molecule has 0 saturated carbocycles. The molecule has 3 aromatic rings. The number of anilines is 3. The van der Waals surface area contributed by atoms with Crippen LogP contribution in [0, 0.1) is 0 Å². The van der Waals surface area contributed by atoms with Gasteiger partial charge in [0.2, 0.25) is 5.95 Å². The molecule has 132 valence electrons. The first-order chi connectivity index (χ1) is 11.9. The highest BCUT2D eigenvalue weighted by Gasteiger charge is 2.34. The predicted molar refractivity (Wildman–Crippen MR) is 92.2 cm³/mol. The lowest BCUT2D eigenvalue weighted by atomic mass is 10.2. The second kappa shape index (κ2) is 6.62. The number of nitrogens with one attached hydrogen (secondary N) is 2. The summed E-state index contributed by atoms with van der Waals surface area (Å²) in [5.74, 6) is -0.0612. The van der Waals surface area contributed by atoms with E-state index in [9.17, 15) is 13.2 Å². The van der Waals surface area contributed by atoms with E-state index in [2.05, 4.69) is 39.0 Å². The van der Waals surface area contributed by atoms with Gasteiger partial charge in [-0.1, -0.05) is 0 Å². The maximum absolute atomic E-state index is 13.1. The van der Waals surface area contributed by atoms with Gasteiger partial charge < -0.3 is 15.2 Å². The number of benzene rings is 1. The summed E-state index contributed by atoms with van der Waals surface area (Å²) < 4.78 is 39.2. The van der Waals surface area contributed by atoms with Crippen molar-refractivity contribution in [3.63, 3.8) is 0 Å². The van der Waals surface area contributed by atoms with Crippen LogP contribution in [0.5, 0.6) is 0 Å². The van der Waals surface area contributed by atoms with Crippen LogP contribution in [0.2, 0.25) is 0 Å². The molecule has 0 aliphatic heterocycles. The van der Waals surface area contributed by atoms with Crippen LogP contribution in [-0.2, 0) is 6.18 Å². The molecule has 0 fully saturated rings. The van der Waals surface area contributed by atoms with E-state index in [-0.39, 0.29) is 11.8 Å². The summed E-state index contributed by atoms with van der Waals surface area (Å²) in [6.45, 7) is 5.86. The fourth-order valence-electron chi connectivity index (χ4n) is 2.69. The van der Waals surface area contributed by atoms with Crippen molar-refractivity contribution in [3.8, 4) is 0 Å². The molecule has 2 aromatic heterocycles. The summed E-state index contributed by atoms with van der Waals surface area (Å²) in [5.41, 5.74) is 1.61. The van der Waals surface area contributed by atoms with Gasteiger partial charge in [0.25, 0.3) is 0 Å². The smallest absolute Gasteiger partial charge is 0.372 e. The lowest BCUT2D eigenvalue weighted by Gasteiger charge is -2.20. The summed E-state index contributed by atoms with van der Waals surface area (Å²) >= 11 is 0. The second-order valence-corrected chi connectivity index (χ2v) is 5.48. The standard InChI is InChI=1S/C17H18F3N5/c1-3-25(4-2)11-7-8-13-14(10-11)23-16(22-13)24-15-12(17(18,19)20)6-5-9-21-15/h5-10H,3-4H2,1-2H3,(H2,21,22,23,24). The van der Waals surface area contributed by atoms with Crippen LogP contribution >= 0.6 is 0 Å². The van der Waals surface area contributed by atoms with E-state index in [1.807, 2.05) is 18.2 Å². The summed E-state index contributed by atoms with van der Waals surface area (Å²) in [5, 5.41) is 2.63. The number of rotatable bonds is 5. The fourth-order valence-corrected chi connectivity index (χ4v) is 2.69. The van der Waals surface area contributed by atoms with Gasteiger partial charge >= 0.3 is 6.18 Å². The molecule has 3 rings (SSSR count). The Hall–Kier alpha value is -2.77. The third-order valence-corrected chi connectivity index (χ3v) is 3.94. The Kier molecular flexibility index (Phi) is 4.52. The molecule has 1 aromatic carbocycles. The largest absolute Gasteiger partial charge is 0.419 e. The van der Waals surface area contributed by atoms with Crippen LogP contribution in [0.1, 0.15) is 19.4 Å². The first-order valence-corrected chi connectivity index (χ1v) is 7.96. The number of hydrogen-bond donors (Lipinski definition) is 2. The number of alkyl halides is 3. The van der Waals surface area contributed by atoms with E-state index in [0.29, 0.717) is 5.52 Å². The molecule has 8 heteroatoms. The van der Waals surface area contributed by atoms with Gasteiger partial charge in [0.05, 0.1) is 16.6 Å². The van der Waals surface area contributed by atoms with Crippen molar-refractivity contribution >= 4 is 28.5 Å². The van der Waals surface area contributed by atoms with Crippen molar-refractivity contribution in [2.45, 2.75) is 20.0 Å². The quantitative estimate of drug-likeness (QED) is 0.709. The third kappa shape index (κ3) is 3.52. The van der Waals surface area contributed by atoms with Crippen LogP contribution in [0.4, 0.5) is 30.6 Å². The Morgan fingerprint density at radius 2 is 1.92 bits per heavy atom. The first-order valence-electron chi connectivity index (χ1n) is 7.96. The number of hydrogen-bond acceptors (Lipinski definition) is 4. The van der Waals surface area contributed by atoms with Crippen molar-refractivity contribution in [2.75, 3.05) is 23.3 Å². The number of nitrogens with zero attached hydrogens (tertiary/aromatic N) is 3. The SMILES string of the molecule is CCN(CC)c1ccc2nc(Nc3ncccc3C(F)(F)F)[nH]c2c1. The van der Waals surface area contributed by atoms with Crippen LogP contribution in [0.3, 0.4) is 0 Å². The molecule has 0 aliphatic carbocycles. The van der Waals surface area contributed by atoms with E-state index >= 15 is 0 Å². The van der Waals surface area contributed by atoms with E-state index < -0.39 is 11.7 Å². The van der Waals surface area contributed by atoms with Gasteiger partial charge in [-0.3, -0.25) is 0 Å². The monoisotopic (exact) mass is 349 g/mol. The van der Waals surface area contributed by atoms with Crippen molar-refractivity contribution in [2.24, 2.45) is 0 Å².